The van der Waals surface area contributed by atoms with E-state index in [9.17, 15) is 4.79 Å². The Kier molecular flexibility index (Phi) is 6.10. The summed E-state index contributed by atoms with van der Waals surface area (Å²) in [5.74, 6) is 1.53. The second-order valence-electron chi connectivity index (χ2n) is 6.16. The van der Waals surface area contributed by atoms with Crippen molar-refractivity contribution >= 4 is 44.4 Å². The van der Waals surface area contributed by atoms with E-state index in [4.69, 9.17) is 9.47 Å². The molecule has 9 nitrogen and oxygen atoms in total. The number of benzene rings is 2. The summed E-state index contributed by atoms with van der Waals surface area (Å²) in [6.45, 7) is 0.501. The van der Waals surface area contributed by atoms with E-state index in [2.05, 4.69) is 25.8 Å². The van der Waals surface area contributed by atoms with Gasteiger partial charge in [0, 0.05) is 0 Å². The van der Waals surface area contributed by atoms with Crippen LogP contribution in [0, 0.1) is 0 Å². The predicted molar refractivity (Wildman–Crippen MR) is 115 cm³/mol. The van der Waals surface area contributed by atoms with E-state index in [1.165, 1.54) is 23.1 Å². The zero-order chi connectivity index (χ0) is 20.9. The van der Waals surface area contributed by atoms with Crippen molar-refractivity contribution in [3.63, 3.8) is 0 Å². The molecule has 2 heterocycles. The lowest BCUT2D eigenvalue weighted by atomic mass is 10.2. The number of amides is 1. The monoisotopic (exact) mass is 442 g/mol. The van der Waals surface area contributed by atoms with Gasteiger partial charge in [-0.1, -0.05) is 35.2 Å². The van der Waals surface area contributed by atoms with Crippen LogP contribution in [0.15, 0.2) is 47.6 Å². The van der Waals surface area contributed by atoms with Crippen LogP contribution < -0.4 is 14.8 Å². The van der Waals surface area contributed by atoms with Gasteiger partial charge < -0.3 is 14.8 Å². The standard InChI is InChI=1S/C19H18N6O3S2/c1-27-13-5-3-12(4-6-13)10-25-19(22-23-24-25)29-11-17(26)21-18-20-15-8-7-14(28-2)9-16(15)30-18/h3-9H,10-11H2,1-2H3,(H,20,21,26). The summed E-state index contributed by atoms with van der Waals surface area (Å²) in [5, 5.41) is 15.7. The molecule has 0 bridgehead atoms. The van der Waals surface area contributed by atoms with Gasteiger partial charge in [0.25, 0.3) is 0 Å². The molecule has 0 spiro atoms. The van der Waals surface area contributed by atoms with Crippen LogP contribution in [-0.4, -0.2) is 51.1 Å². The number of methoxy groups -OCH3 is 2. The zero-order valence-corrected chi connectivity index (χ0v) is 17.9. The number of fused-ring (bicyclic) bond motifs is 1. The van der Waals surface area contributed by atoms with Gasteiger partial charge in [-0.15, -0.1) is 5.10 Å². The average molecular weight is 443 g/mol. The lowest BCUT2D eigenvalue weighted by Crippen LogP contribution is -2.14. The van der Waals surface area contributed by atoms with E-state index in [-0.39, 0.29) is 11.7 Å². The molecule has 30 heavy (non-hydrogen) atoms. The largest absolute Gasteiger partial charge is 0.497 e. The highest BCUT2D eigenvalue weighted by Crippen LogP contribution is 2.29. The minimum atomic E-state index is -0.176. The molecule has 2 aromatic heterocycles. The summed E-state index contributed by atoms with van der Waals surface area (Å²) in [7, 11) is 3.24. The number of thiazole rings is 1. The molecule has 0 fully saturated rings. The Hall–Kier alpha value is -3.18. The van der Waals surface area contributed by atoms with Crippen molar-refractivity contribution in [2.45, 2.75) is 11.7 Å². The van der Waals surface area contributed by atoms with Gasteiger partial charge in [-0.2, -0.15) is 0 Å². The molecule has 4 aromatic rings. The Labute approximate surface area is 180 Å². The minimum Gasteiger partial charge on any atom is -0.497 e. The number of thioether (sulfide) groups is 1. The van der Waals surface area contributed by atoms with Crippen molar-refractivity contribution < 1.29 is 14.3 Å². The average Bonchev–Trinajstić information content (AvgIpc) is 3.38. The van der Waals surface area contributed by atoms with Crippen molar-refractivity contribution in [2.24, 2.45) is 0 Å². The SMILES string of the molecule is COc1ccc(Cn2nnnc2SCC(=O)Nc2nc3ccc(OC)cc3s2)cc1. The van der Waals surface area contributed by atoms with Gasteiger partial charge in [0.1, 0.15) is 11.5 Å². The summed E-state index contributed by atoms with van der Waals surface area (Å²) >= 11 is 2.67. The number of nitrogens with zero attached hydrogens (tertiary/aromatic N) is 5. The van der Waals surface area contributed by atoms with Crippen LogP contribution in [0.25, 0.3) is 10.2 Å². The van der Waals surface area contributed by atoms with Gasteiger partial charge >= 0.3 is 0 Å². The molecule has 1 amide bonds. The summed E-state index contributed by atoms with van der Waals surface area (Å²) in [6, 6.07) is 13.3. The summed E-state index contributed by atoms with van der Waals surface area (Å²) in [6.07, 6.45) is 0. The van der Waals surface area contributed by atoms with Crippen LogP contribution in [0.3, 0.4) is 0 Å². The van der Waals surface area contributed by atoms with Crippen molar-refractivity contribution in [3.8, 4) is 11.5 Å². The highest BCUT2D eigenvalue weighted by molar-refractivity contribution is 7.99. The minimum absolute atomic E-state index is 0.169. The quantitative estimate of drug-likeness (QED) is 0.415. The topological polar surface area (TPSA) is 104 Å². The molecule has 0 saturated carbocycles. The number of carbonyl (C=O) groups excluding carboxylic acids is 1. The fraction of sp³-hybridized carbons (Fsp3) is 0.211. The molecule has 0 saturated heterocycles. The van der Waals surface area contributed by atoms with E-state index in [1.54, 1.807) is 18.9 Å². The molecule has 0 aliphatic carbocycles. The Morgan fingerprint density at radius 3 is 2.67 bits per heavy atom. The molecule has 0 radical (unpaired) electrons. The van der Waals surface area contributed by atoms with Crippen molar-refractivity contribution in [3.05, 3.63) is 48.0 Å². The third-order valence-corrected chi connectivity index (χ3v) is 6.06. The number of carbonyl (C=O) groups is 1. The van der Waals surface area contributed by atoms with Gasteiger partial charge in [0.05, 0.1) is 36.7 Å². The first-order valence-electron chi connectivity index (χ1n) is 8.91. The van der Waals surface area contributed by atoms with E-state index in [0.717, 1.165) is 27.3 Å². The van der Waals surface area contributed by atoms with Gasteiger partial charge in [-0.3, -0.25) is 4.79 Å². The van der Waals surface area contributed by atoms with Crippen LogP contribution in [0.2, 0.25) is 0 Å². The van der Waals surface area contributed by atoms with Crippen LogP contribution in [0.1, 0.15) is 5.56 Å². The maximum absolute atomic E-state index is 12.4. The van der Waals surface area contributed by atoms with E-state index >= 15 is 0 Å². The maximum atomic E-state index is 12.4. The highest BCUT2D eigenvalue weighted by atomic mass is 32.2. The van der Waals surface area contributed by atoms with Crippen molar-refractivity contribution in [1.82, 2.24) is 25.2 Å². The first kappa shape index (κ1) is 20.1. The molecule has 0 aliphatic rings. The Morgan fingerprint density at radius 2 is 1.90 bits per heavy atom. The number of hydrogen-bond acceptors (Lipinski definition) is 9. The normalized spacial score (nSPS) is 10.9. The molecule has 1 N–H and O–H groups in total. The number of tetrazole rings is 1. The number of rotatable bonds is 8. The summed E-state index contributed by atoms with van der Waals surface area (Å²) < 4.78 is 13.0. The van der Waals surface area contributed by atoms with Gasteiger partial charge in [-0.25, -0.2) is 9.67 Å². The second kappa shape index (κ2) is 9.09. The lowest BCUT2D eigenvalue weighted by Gasteiger charge is -2.05. The van der Waals surface area contributed by atoms with Crippen LogP contribution in [0.5, 0.6) is 11.5 Å². The van der Waals surface area contributed by atoms with Crippen LogP contribution in [-0.2, 0) is 11.3 Å². The lowest BCUT2D eigenvalue weighted by molar-refractivity contribution is -0.113. The highest BCUT2D eigenvalue weighted by Gasteiger charge is 2.13. The van der Waals surface area contributed by atoms with E-state index in [1.807, 2.05) is 42.5 Å². The van der Waals surface area contributed by atoms with Crippen LogP contribution >= 0.6 is 23.1 Å². The first-order valence-corrected chi connectivity index (χ1v) is 10.7. The third kappa shape index (κ3) is 4.69. The molecule has 4 rings (SSSR count). The maximum Gasteiger partial charge on any atom is 0.236 e. The van der Waals surface area contributed by atoms with E-state index in [0.29, 0.717) is 16.8 Å². The molecule has 0 aliphatic heterocycles. The van der Waals surface area contributed by atoms with Crippen molar-refractivity contribution in [1.29, 1.82) is 0 Å². The summed E-state index contributed by atoms with van der Waals surface area (Å²) in [5.41, 5.74) is 1.84. The number of nitrogens with one attached hydrogen (secondary N) is 1. The Morgan fingerprint density at radius 1 is 1.13 bits per heavy atom. The number of aromatic nitrogens is 5. The molecule has 2 aromatic carbocycles. The van der Waals surface area contributed by atoms with E-state index < -0.39 is 0 Å². The second-order valence-corrected chi connectivity index (χ2v) is 8.13. The van der Waals surface area contributed by atoms with Gasteiger partial charge in [0.15, 0.2) is 5.13 Å². The van der Waals surface area contributed by atoms with Gasteiger partial charge in [-0.05, 0) is 46.3 Å². The van der Waals surface area contributed by atoms with Crippen LogP contribution in [0.4, 0.5) is 5.13 Å². The number of hydrogen-bond donors (Lipinski definition) is 1. The fourth-order valence-corrected chi connectivity index (χ4v) is 4.26. The third-order valence-electron chi connectivity index (χ3n) is 4.16. The molecule has 0 unspecified atom stereocenters. The molecule has 11 heteroatoms. The van der Waals surface area contributed by atoms with Gasteiger partial charge in [0.2, 0.25) is 11.1 Å². The molecule has 0 atom stereocenters. The zero-order valence-electron chi connectivity index (χ0n) is 16.2. The Bertz CT molecular complexity index is 1160. The first-order chi connectivity index (χ1) is 14.6. The number of anilines is 1. The Balaban J connectivity index is 1.35. The predicted octanol–water partition coefficient (Wildman–Crippen LogP) is 3.08. The molecular weight excluding hydrogens is 424 g/mol. The number of ether oxygens (including phenoxy) is 2. The smallest absolute Gasteiger partial charge is 0.236 e. The fourth-order valence-electron chi connectivity index (χ4n) is 2.67. The summed E-state index contributed by atoms with van der Waals surface area (Å²) in [4.78, 5) is 16.8. The molecule has 154 valence electrons. The molecular formula is C19H18N6O3S2. The van der Waals surface area contributed by atoms with Crippen molar-refractivity contribution in [2.75, 3.05) is 25.3 Å².